The summed E-state index contributed by atoms with van der Waals surface area (Å²) >= 11 is 11.9. The molecule has 2 N–H and O–H groups in total. The molecule has 6 heteroatoms. The lowest BCUT2D eigenvalue weighted by molar-refractivity contribution is 0.0927. The summed E-state index contributed by atoms with van der Waals surface area (Å²) in [7, 11) is 1.50. The molecule has 19 heavy (non-hydrogen) atoms. The van der Waals surface area contributed by atoms with Gasteiger partial charge in [-0.25, -0.2) is 0 Å². The number of piperidine rings is 1. The smallest absolute Gasteiger partial charge is 0.255 e. The second kappa shape index (κ2) is 6.46. The molecule has 1 amide bonds. The minimum Gasteiger partial charge on any atom is -0.496 e. The Labute approximate surface area is 122 Å². The molecule has 1 heterocycles. The third kappa shape index (κ3) is 3.53. The molecule has 0 spiro atoms. The summed E-state index contributed by atoms with van der Waals surface area (Å²) in [5, 5.41) is 6.93. The van der Waals surface area contributed by atoms with Gasteiger partial charge in [-0.2, -0.15) is 0 Å². The quantitative estimate of drug-likeness (QED) is 0.902. The average Bonchev–Trinajstić information content (AvgIpc) is 2.42. The number of carbonyl (C=O) groups is 1. The number of hydrogen-bond acceptors (Lipinski definition) is 3. The zero-order valence-corrected chi connectivity index (χ0v) is 12.1. The van der Waals surface area contributed by atoms with Crippen molar-refractivity contribution in [1.29, 1.82) is 0 Å². The number of hydrogen-bond donors (Lipinski definition) is 2. The van der Waals surface area contributed by atoms with Gasteiger partial charge in [0.2, 0.25) is 0 Å². The Morgan fingerprint density at radius 2 is 2.16 bits per heavy atom. The highest BCUT2D eigenvalue weighted by atomic mass is 35.5. The van der Waals surface area contributed by atoms with E-state index in [-0.39, 0.29) is 11.9 Å². The summed E-state index contributed by atoms with van der Waals surface area (Å²) in [5.41, 5.74) is 0.405. The highest BCUT2D eigenvalue weighted by Crippen LogP contribution is 2.30. The van der Waals surface area contributed by atoms with Crippen molar-refractivity contribution in [2.75, 3.05) is 20.2 Å². The molecule has 1 unspecified atom stereocenters. The fourth-order valence-electron chi connectivity index (χ4n) is 2.11. The van der Waals surface area contributed by atoms with E-state index in [0.29, 0.717) is 21.4 Å². The van der Waals surface area contributed by atoms with Gasteiger partial charge in [0.1, 0.15) is 5.75 Å². The first kappa shape index (κ1) is 14.4. The topological polar surface area (TPSA) is 50.4 Å². The van der Waals surface area contributed by atoms with Crippen LogP contribution >= 0.6 is 23.2 Å². The lowest BCUT2D eigenvalue weighted by Gasteiger charge is -2.24. The first-order valence-corrected chi connectivity index (χ1v) is 6.92. The van der Waals surface area contributed by atoms with E-state index in [1.165, 1.54) is 13.2 Å². The van der Waals surface area contributed by atoms with E-state index >= 15 is 0 Å². The van der Waals surface area contributed by atoms with E-state index in [0.717, 1.165) is 25.9 Å². The van der Waals surface area contributed by atoms with Crippen molar-refractivity contribution in [1.82, 2.24) is 10.6 Å². The molecule has 1 aromatic rings. The average molecular weight is 303 g/mol. The standard InChI is InChI=1S/C13H16Cl2N2O2/c1-19-12-6-11(15)10(14)5-9(12)13(18)17-8-3-2-4-16-7-8/h5-6,8,16H,2-4,7H2,1H3,(H,17,18). The Bertz CT molecular complexity index is 474. The Kier molecular flexibility index (Phi) is 4.91. The maximum atomic E-state index is 12.2. The Morgan fingerprint density at radius 3 is 2.79 bits per heavy atom. The molecule has 104 valence electrons. The lowest BCUT2D eigenvalue weighted by Crippen LogP contribution is -2.45. The number of rotatable bonds is 3. The molecule has 0 saturated carbocycles. The Morgan fingerprint density at radius 1 is 1.42 bits per heavy atom. The van der Waals surface area contributed by atoms with Crippen LogP contribution in [-0.2, 0) is 0 Å². The van der Waals surface area contributed by atoms with Crippen LogP contribution in [0.15, 0.2) is 12.1 Å². The molecule has 1 aliphatic heterocycles. The number of benzene rings is 1. The van der Waals surface area contributed by atoms with Gasteiger partial charge in [0.25, 0.3) is 5.91 Å². The van der Waals surface area contributed by atoms with Gasteiger partial charge in [0.05, 0.1) is 22.7 Å². The number of nitrogens with one attached hydrogen (secondary N) is 2. The van der Waals surface area contributed by atoms with E-state index < -0.39 is 0 Å². The van der Waals surface area contributed by atoms with Crippen LogP contribution in [0.5, 0.6) is 5.75 Å². The van der Waals surface area contributed by atoms with E-state index in [9.17, 15) is 4.79 Å². The molecule has 0 aliphatic carbocycles. The number of ether oxygens (including phenoxy) is 1. The second-order valence-electron chi connectivity index (χ2n) is 4.48. The van der Waals surface area contributed by atoms with Gasteiger partial charge in [0, 0.05) is 18.7 Å². The van der Waals surface area contributed by atoms with Crippen molar-refractivity contribution < 1.29 is 9.53 Å². The molecular formula is C13H16Cl2N2O2. The van der Waals surface area contributed by atoms with Gasteiger partial charge in [-0.3, -0.25) is 4.79 Å². The third-order valence-electron chi connectivity index (χ3n) is 3.12. The molecule has 0 radical (unpaired) electrons. The van der Waals surface area contributed by atoms with Crippen molar-refractivity contribution >= 4 is 29.1 Å². The molecule has 0 bridgehead atoms. The maximum Gasteiger partial charge on any atom is 0.255 e. The maximum absolute atomic E-state index is 12.2. The Balaban J connectivity index is 2.15. The molecule has 1 saturated heterocycles. The molecule has 1 atom stereocenters. The minimum absolute atomic E-state index is 0.139. The molecular weight excluding hydrogens is 287 g/mol. The molecule has 0 aromatic heterocycles. The van der Waals surface area contributed by atoms with Crippen LogP contribution in [0.4, 0.5) is 0 Å². The van der Waals surface area contributed by atoms with E-state index in [4.69, 9.17) is 27.9 Å². The van der Waals surface area contributed by atoms with Crippen molar-refractivity contribution in [3.63, 3.8) is 0 Å². The van der Waals surface area contributed by atoms with Crippen molar-refractivity contribution in [2.45, 2.75) is 18.9 Å². The number of methoxy groups -OCH3 is 1. The van der Waals surface area contributed by atoms with Crippen LogP contribution in [0.1, 0.15) is 23.2 Å². The molecule has 2 rings (SSSR count). The second-order valence-corrected chi connectivity index (χ2v) is 5.30. The summed E-state index contributed by atoms with van der Waals surface area (Å²) in [6, 6.07) is 3.23. The van der Waals surface area contributed by atoms with E-state index in [2.05, 4.69) is 10.6 Å². The third-order valence-corrected chi connectivity index (χ3v) is 3.84. The lowest BCUT2D eigenvalue weighted by atomic mass is 10.1. The van der Waals surface area contributed by atoms with Crippen molar-refractivity contribution in [3.8, 4) is 5.75 Å². The van der Waals surface area contributed by atoms with Gasteiger partial charge in [0.15, 0.2) is 0 Å². The summed E-state index contributed by atoms with van der Waals surface area (Å²) < 4.78 is 5.17. The van der Waals surface area contributed by atoms with Crippen LogP contribution in [0.3, 0.4) is 0 Å². The molecule has 4 nitrogen and oxygen atoms in total. The summed E-state index contributed by atoms with van der Waals surface area (Å²) in [5.74, 6) is 0.236. The zero-order valence-electron chi connectivity index (χ0n) is 10.6. The van der Waals surface area contributed by atoms with Gasteiger partial charge < -0.3 is 15.4 Å². The van der Waals surface area contributed by atoms with Crippen LogP contribution in [-0.4, -0.2) is 32.1 Å². The predicted molar refractivity (Wildman–Crippen MR) is 76.4 cm³/mol. The summed E-state index contributed by atoms with van der Waals surface area (Å²) in [4.78, 5) is 12.2. The summed E-state index contributed by atoms with van der Waals surface area (Å²) in [6.45, 7) is 1.79. The molecule has 1 aromatic carbocycles. The fourth-order valence-corrected chi connectivity index (χ4v) is 2.43. The normalized spacial score (nSPS) is 19.0. The van der Waals surface area contributed by atoms with Crippen LogP contribution in [0.2, 0.25) is 10.0 Å². The monoisotopic (exact) mass is 302 g/mol. The fraction of sp³-hybridized carbons (Fsp3) is 0.462. The highest BCUT2D eigenvalue weighted by Gasteiger charge is 2.20. The number of halogens is 2. The van der Waals surface area contributed by atoms with Crippen molar-refractivity contribution in [2.24, 2.45) is 0 Å². The molecule has 1 aliphatic rings. The van der Waals surface area contributed by atoms with Gasteiger partial charge in [-0.05, 0) is 25.5 Å². The van der Waals surface area contributed by atoms with Crippen LogP contribution in [0, 0.1) is 0 Å². The van der Waals surface area contributed by atoms with Crippen molar-refractivity contribution in [3.05, 3.63) is 27.7 Å². The SMILES string of the molecule is COc1cc(Cl)c(Cl)cc1C(=O)NC1CCCNC1. The largest absolute Gasteiger partial charge is 0.496 e. The van der Waals surface area contributed by atoms with E-state index in [1.54, 1.807) is 6.07 Å². The Hall–Kier alpha value is -0.970. The predicted octanol–water partition coefficient (Wildman–Crippen LogP) is 2.48. The zero-order chi connectivity index (χ0) is 13.8. The minimum atomic E-state index is -0.191. The first-order valence-electron chi connectivity index (χ1n) is 6.16. The summed E-state index contributed by atoms with van der Waals surface area (Å²) in [6.07, 6.45) is 2.03. The van der Waals surface area contributed by atoms with Crippen LogP contribution in [0.25, 0.3) is 0 Å². The number of carbonyl (C=O) groups excluding carboxylic acids is 1. The van der Waals surface area contributed by atoms with E-state index in [1.807, 2.05) is 0 Å². The van der Waals surface area contributed by atoms with Crippen LogP contribution < -0.4 is 15.4 Å². The highest BCUT2D eigenvalue weighted by molar-refractivity contribution is 6.42. The first-order chi connectivity index (χ1) is 9.11. The number of amides is 1. The molecule has 1 fully saturated rings. The van der Waals surface area contributed by atoms with Gasteiger partial charge in [-0.15, -0.1) is 0 Å². The van der Waals surface area contributed by atoms with Gasteiger partial charge in [-0.1, -0.05) is 23.2 Å². The van der Waals surface area contributed by atoms with Gasteiger partial charge >= 0.3 is 0 Å².